The average molecular weight is 386 g/mol. The molecule has 0 aliphatic carbocycles. The SMILES string of the molecule is O=C(NCCCc1ccccn1)c1ccc(NCc2cnn3ccccc23)nc1. The van der Waals surface area contributed by atoms with Crippen LogP contribution in [0.3, 0.4) is 0 Å². The van der Waals surface area contributed by atoms with Crippen molar-refractivity contribution in [1.82, 2.24) is 24.9 Å². The van der Waals surface area contributed by atoms with E-state index in [0.29, 0.717) is 24.5 Å². The minimum atomic E-state index is -0.118. The first-order chi connectivity index (χ1) is 14.3. The van der Waals surface area contributed by atoms with E-state index in [1.165, 1.54) is 0 Å². The molecule has 4 aromatic heterocycles. The molecule has 0 saturated heterocycles. The fraction of sp³-hybridized carbons (Fsp3) is 0.182. The van der Waals surface area contributed by atoms with Gasteiger partial charge in [-0.25, -0.2) is 9.50 Å². The Morgan fingerprint density at radius 1 is 1.00 bits per heavy atom. The number of nitrogens with zero attached hydrogens (tertiary/aromatic N) is 4. The number of fused-ring (bicyclic) bond motifs is 1. The number of amides is 1. The van der Waals surface area contributed by atoms with Crippen LogP contribution in [0.5, 0.6) is 0 Å². The smallest absolute Gasteiger partial charge is 0.252 e. The lowest BCUT2D eigenvalue weighted by atomic mass is 10.2. The quantitative estimate of drug-likeness (QED) is 0.455. The molecule has 146 valence electrons. The van der Waals surface area contributed by atoms with Gasteiger partial charge in [-0.05, 0) is 49.2 Å². The minimum absolute atomic E-state index is 0.118. The maximum atomic E-state index is 12.3. The monoisotopic (exact) mass is 386 g/mol. The molecule has 0 unspecified atom stereocenters. The van der Waals surface area contributed by atoms with Gasteiger partial charge >= 0.3 is 0 Å². The molecule has 0 atom stereocenters. The van der Waals surface area contributed by atoms with E-state index in [4.69, 9.17) is 0 Å². The van der Waals surface area contributed by atoms with Crippen molar-refractivity contribution in [2.24, 2.45) is 0 Å². The molecule has 0 fully saturated rings. The van der Waals surface area contributed by atoms with Crippen LogP contribution in [0.2, 0.25) is 0 Å². The van der Waals surface area contributed by atoms with Crippen molar-refractivity contribution < 1.29 is 4.79 Å². The second kappa shape index (κ2) is 8.97. The van der Waals surface area contributed by atoms with Crippen LogP contribution in [0.25, 0.3) is 5.52 Å². The molecule has 0 bridgehead atoms. The molecule has 2 N–H and O–H groups in total. The Kier molecular flexibility index (Phi) is 5.76. The zero-order chi connectivity index (χ0) is 19.9. The summed E-state index contributed by atoms with van der Waals surface area (Å²) in [5, 5.41) is 10.5. The number of aromatic nitrogens is 4. The molecule has 7 heteroatoms. The zero-order valence-corrected chi connectivity index (χ0v) is 16.0. The number of carbonyl (C=O) groups excluding carboxylic acids is 1. The highest BCUT2D eigenvalue weighted by Gasteiger charge is 2.07. The molecule has 29 heavy (non-hydrogen) atoms. The third-order valence-electron chi connectivity index (χ3n) is 4.61. The molecular weight excluding hydrogens is 364 g/mol. The fourth-order valence-corrected chi connectivity index (χ4v) is 3.06. The molecule has 0 saturated carbocycles. The van der Waals surface area contributed by atoms with Crippen LogP contribution < -0.4 is 10.6 Å². The van der Waals surface area contributed by atoms with Crippen LogP contribution in [0.4, 0.5) is 5.82 Å². The summed E-state index contributed by atoms with van der Waals surface area (Å²) in [6, 6.07) is 15.4. The lowest BCUT2D eigenvalue weighted by Gasteiger charge is -2.07. The third kappa shape index (κ3) is 4.76. The molecule has 0 radical (unpaired) electrons. The van der Waals surface area contributed by atoms with Crippen molar-refractivity contribution >= 4 is 17.2 Å². The van der Waals surface area contributed by atoms with E-state index in [1.54, 1.807) is 18.5 Å². The first kappa shape index (κ1) is 18.6. The van der Waals surface area contributed by atoms with E-state index >= 15 is 0 Å². The maximum absolute atomic E-state index is 12.3. The number of pyridine rings is 3. The van der Waals surface area contributed by atoms with Gasteiger partial charge in [0.05, 0.1) is 17.3 Å². The van der Waals surface area contributed by atoms with E-state index in [0.717, 1.165) is 29.6 Å². The molecule has 4 rings (SSSR count). The van der Waals surface area contributed by atoms with Crippen LogP contribution in [0, 0.1) is 0 Å². The lowest BCUT2D eigenvalue weighted by Crippen LogP contribution is -2.25. The number of rotatable bonds is 8. The van der Waals surface area contributed by atoms with Crippen LogP contribution >= 0.6 is 0 Å². The highest BCUT2D eigenvalue weighted by Crippen LogP contribution is 2.12. The van der Waals surface area contributed by atoms with Gasteiger partial charge < -0.3 is 10.6 Å². The van der Waals surface area contributed by atoms with Crippen molar-refractivity contribution in [3.8, 4) is 0 Å². The Morgan fingerprint density at radius 2 is 1.93 bits per heavy atom. The highest BCUT2D eigenvalue weighted by atomic mass is 16.1. The Bertz CT molecular complexity index is 1080. The zero-order valence-electron chi connectivity index (χ0n) is 16.0. The van der Waals surface area contributed by atoms with Crippen molar-refractivity contribution in [1.29, 1.82) is 0 Å². The van der Waals surface area contributed by atoms with Gasteiger partial charge in [-0.15, -0.1) is 0 Å². The molecule has 0 aromatic carbocycles. The van der Waals surface area contributed by atoms with Crippen molar-refractivity contribution in [3.05, 3.63) is 90.1 Å². The first-order valence-electron chi connectivity index (χ1n) is 9.59. The van der Waals surface area contributed by atoms with Gasteiger partial charge in [0.1, 0.15) is 5.82 Å². The van der Waals surface area contributed by atoms with E-state index in [-0.39, 0.29) is 5.91 Å². The third-order valence-corrected chi connectivity index (χ3v) is 4.61. The van der Waals surface area contributed by atoms with E-state index in [2.05, 4.69) is 25.7 Å². The number of hydrogen-bond acceptors (Lipinski definition) is 5. The molecule has 0 spiro atoms. The summed E-state index contributed by atoms with van der Waals surface area (Å²) in [6.07, 6.45) is 8.81. The van der Waals surface area contributed by atoms with Crippen molar-refractivity contribution in [2.45, 2.75) is 19.4 Å². The summed E-state index contributed by atoms with van der Waals surface area (Å²) in [6.45, 7) is 1.21. The molecule has 7 nitrogen and oxygen atoms in total. The number of anilines is 1. The fourth-order valence-electron chi connectivity index (χ4n) is 3.06. The summed E-state index contributed by atoms with van der Waals surface area (Å²) in [7, 11) is 0. The van der Waals surface area contributed by atoms with E-state index in [1.807, 2.05) is 59.4 Å². The predicted molar refractivity (Wildman–Crippen MR) is 112 cm³/mol. The standard InChI is InChI=1S/C22H22N6O/c29-22(24-12-5-7-19-6-1-3-11-23-19)17-9-10-21(25-14-17)26-15-18-16-27-28-13-4-2-8-20(18)28/h1-4,6,8-11,13-14,16H,5,7,12,15H2,(H,24,29)(H,25,26). The first-order valence-corrected chi connectivity index (χ1v) is 9.59. The maximum Gasteiger partial charge on any atom is 0.252 e. The number of aryl methyl sites for hydroxylation is 1. The Labute approximate surface area is 168 Å². The van der Waals surface area contributed by atoms with Crippen LogP contribution in [0.15, 0.2) is 73.3 Å². The summed E-state index contributed by atoms with van der Waals surface area (Å²) < 4.78 is 1.84. The molecular formula is C22H22N6O. The topological polar surface area (TPSA) is 84.2 Å². The van der Waals surface area contributed by atoms with Crippen molar-refractivity contribution in [2.75, 3.05) is 11.9 Å². The largest absolute Gasteiger partial charge is 0.366 e. The van der Waals surface area contributed by atoms with Gasteiger partial charge in [0.25, 0.3) is 5.91 Å². The van der Waals surface area contributed by atoms with Gasteiger partial charge in [-0.1, -0.05) is 12.1 Å². The lowest BCUT2D eigenvalue weighted by molar-refractivity contribution is 0.0953. The summed E-state index contributed by atoms with van der Waals surface area (Å²) in [4.78, 5) is 20.9. The van der Waals surface area contributed by atoms with E-state index < -0.39 is 0 Å². The second-order valence-electron chi connectivity index (χ2n) is 6.67. The van der Waals surface area contributed by atoms with Crippen LogP contribution in [-0.4, -0.2) is 32.0 Å². The average Bonchev–Trinajstić information content (AvgIpc) is 3.19. The van der Waals surface area contributed by atoms with Gasteiger partial charge in [0, 0.05) is 42.9 Å². The minimum Gasteiger partial charge on any atom is -0.366 e. The predicted octanol–water partition coefficient (Wildman–Crippen LogP) is 3.10. The van der Waals surface area contributed by atoms with Crippen LogP contribution in [-0.2, 0) is 13.0 Å². The summed E-state index contributed by atoms with van der Waals surface area (Å²) >= 11 is 0. The Morgan fingerprint density at radius 3 is 2.76 bits per heavy atom. The summed E-state index contributed by atoms with van der Waals surface area (Å²) in [5.41, 5.74) is 3.72. The highest BCUT2D eigenvalue weighted by molar-refractivity contribution is 5.94. The summed E-state index contributed by atoms with van der Waals surface area (Å²) in [5.74, 6) is 0.597. The molecule has 1 amide bonds. The molecule has 0 aliphatic rings. The van der Waals surface area contributed by atoms with Crippen LogP contribution in [0.1, 0.15) is 28.0 Å². The number of carbonyl (C=O) groups is 1. The Balaban J connectivity index is 1.25. The van der Waals surface area contributed by atoms with Gasteiger partial charge in [0.2, 0.25) is 0 Å². The molecule has 0 aliphatic heterocycles. The van der Waals surface area contributed by atoms with Gasteiger partial charge in [-0.3, -0.25) is 9.78 Å². The second-order valence-corrected chi connectivity index (χ2v) is 6.67. The molecule has 4 aromatic rings. The normalized spacial score (nSPS) is 10.8. The van der Waals surface area contributed by atoms with Crippen molar-refractivity contribution in [3.63, 3.8) is 0 Å². The van der Waals surface area contributed by atoms with Gasteiger partial charge in [0.15, 0.2) is 0 Å². The molecule has 4 heterocycles. The van der Waals surface area contributed by atoms with E-state index in [9.17, 15) is 4.79 Å². The number of nitrogens with one attached hydrogen (secondary N) is 2. The van der Waals surface area contributed by atoms with Gasteiger partial charge in [-0.2, -0.15) is 5.10 Å². The Hall–Kier alpha value is -3.74. The number of hydrogen-bond donors (Lipinski definition) is 2.